The van der Waals surface area contributed by atoms with Gasteiger partial charge in [-0.1, -0.05) is 30.3 Å². The van der Waals surface area contributed by atoms with Crippen LogP contribution in [0.2, 0.25) is 0 Å². The predicted octanol–water partition coefficient (Wildman–Crippen LogP) is 3.58. The van der Waals surface area contributed by atoms with Gasteiger partial charge in [0.2, 0.25) is 0 Å². The Kier molecular flexibility index (Phi) is 4.20. The molecule has 0 saturated heterocycles. The molecule has 0 spiro atoms. The van der Waals surface area contributed by atoms with E-state index < -0.39 is 0 Å². The Bertz CT molecular complexity index is 760. The second-order valence-corrected chi connectivity index (χ2v) is 5.81. The number of aryl methyl sites for hydroxylation is 1. The van der Waals surface area contributed by atoms with Gasteiger partial charge in [-0.3, -0.25) is 5.41 Å². The van der Waals surface area contributed by atoms with Gasteiger partial charge in [0.15, 0.2) is 11.1 Å². The number of benzene rings is 1. The van der Waals surface area contributed by atoms with Crippen molar-refractivity contribution >= 4 is 22.4 Å². The van der Waals surface area contributed by atoms with E-state index in [2.05, 4.69) is 26.7 Å². The van der Waals surface area contributed by atoms with Gasteiger partial charge in [-0.2, -0.15) is 0 Å². The monoisotopic (exact) mass is 311 g/mol. The summed E-state index contributed by atoms with van der Waals surface area (Å²) in [6, 6.07) is 12.1. The lowest BCUT2D eigenvalue weighted by atomic mass is 10.2. The summed E-state index contributed by atoms with van der Waals surface area (Å²) >= 11 is 1.49. The molecular formula is C16H17N5S. The van der Waals surface area contributed by atoms with Gasteiger partial charge in [0, 0.05) is 29.4 Å². The normalized spacial score (nSPS) is 10.4. The van der Waals surface area contributed by atoms with Crippen LogP contribution in [0.15, 0.2) is 48.0 Å². The molecule has 3 aromatic rings. The third kappa shape index (κ3) is 3.53. The molecule has 22 heavy (non-hydrogen) atoms. The van der Waals surface area contributed by atoms with Crippen molar-refractivity contribution in [2.45, 2.75) is 13.5 Å². The van der Waals surface area contributed by atoms with Crippen LogP contribution in [0.5, 0.6) is 0 Å². The summed E-state index contributed by atoms with van der Waals surface area (Å²) in [5.74, 6) is 0.245. The maximum Gasteiger partial charge on any atom is 0.195 e. The van der Waals surface area contributed by atoms with Gasteiger partial charge in [0.1, 0.15) is 0 Å². The first-order valence-electron chi connectivity index (χ1n) is 6.95. The number of H-pyrrole nitrogens is 1. The summed E-state index contributed by atoms with van der Waals surface area (Å²) in [7, 11) is 0. The Morgan fingerprint density at radius 2 is 2.14 bits per heavy atom. The minimum atomic E-state index is 0.245. The fourth-order valence-corrected chi connectivity index (χ4v) is 2.78. The van der Waals surface area contributed by atoms with Crippen molar-refractivity contribution in [2.75, 3.05) is 5.32 Å². The molecule has 0 amide bonds. The lowest BCUT2D eigenvalue weighted by molar-refractivity contribution is 0.904. The minimum Gasteiger partial charge on any atom is -0.365 e. The van der Waals surface area contributed by atoms with Gasteiger partial charge in [-0.25, -0.2) is 4.98 Å². The molecule has 0 radical (unpaired) electrons. The Morgan fingerprint density at radius 3 is 2.86 bits per heavy atom. The molecule has 0 unspecified atom stereocenters. The Morgan fingerprint density at radius 1 is 1.32 bits per heavy atom. The molecule has 5 nitrogen and oxygen atoms in total. The quantitative estimate of drug-likeness (QED) is 0.439. The molecule has 0 aliphatic carbocycles. The lowest BCUT2D eigenvalue weighted by Gasteiger charge is -2.08. The summed E-state index contributed by atoms with van der Waals surface area (Å²) in [5.41, 5.74) is 4.21. The molecule has 0 bridgehead atoms. The maximum atomic E-state index is 7.93. The van der Waals surface area contributed by atoms with E-state index >= 15 is 0 Å². The van der Waals surface area contributed by atoms with E-state index in [4.69, 9.17) is 5.41 Å². The SMILES string of the molecule is Cc1cc(-c2csc(NC(=N)NCc3ccccc3)n2)c[nH]1. The third-order valence-corrected chi connectivity index (χ3v) is 3.93. The number of rotatable bonds is 4. The summed E-state index contributed by atoms with van der Waals surface area (Å²) in [6.07, 6.45) is 1.94. The van der Waals surface area contributed by atoms with Gasteiger partial charge < -0.3 is 15.6 Å². The van der Waals surface area contributed by atoms with Crippen LogP contribution in [-0.4, -0.2) is 15.9 Å². The van der Waals surface area contributed by atoms with Crippen molar-refractivity contribution in [2.24, 2.45) is 0 Å². The van der Waals surface area contributed by atoms with E-state index in [1.165, 1.54) is 11.3 Å². The standard InChI is InChI=1S/C16H17N5S/c1-11-7-13(9-18-11)14-10-22-16(20-14)21-15(17)19-8-12-5-3-2-4-6-12/h2-7,9-10,18H,8H2,1H3,(H3,17,19,20,21). The van der Waals surface area contributed by atoms with E-state index in [-0.39, 0.29) is 5.96 Å². The number of nitrogens with zero attached hydrogens (tertiary/aromatic N) is 1. The summed E-state index contributed by atoms with van der Waals surface area (Å²) in [4.78, 5) is 7.64. The molecule has 0 aliphatic rings. The number of nitrogens with one attached hydrogen (secondary N) is 4. The van der Waals surface area contributed by atoms with Crippen LogP contribution in [-0.2, 0) is 6.54 Å². The highest BCUT2D eigenvalue weighted by molar-refractivity contribution is 7.14. The number of hydrogen-bond donors (Lipinski definition) is 4. The molecule has 2 aromatic heterocycles. The van der Waals surface area contributed by atoms with E-state index in [0.29, 0.717) is 11.7 Å². The number of aromatic amines is 1. The summed E-state index contributed by atoms with van der Waals surface area (Å²) in [6.45, 7) is 2.63. The first kappa shape index (κ1) is 14.3. The third-order valence-electron chi connectivity index (χ3n) is 3.17. The van der Waals surface area contributed by atoms with Crippen molar-refractivity contribution in [1.82, 2.24) is 15.3 Å². The Hall–Kier alpha value is -2.60. The summed E-state index contributed by atoms with van der Waals surface area (Å²) in [5, 5.41) is 16.6. The fraction of sp³-hybridized carbons (Fsp3) is 0.125. The largest absolute Gasteiger partial charge is 0.365 e. The minimum absolute atomic E-state index is 0.245. The number of aromatic nitrogens is 2. The van der Waals surface area contributed by atoms with Crippen molar-refractivity contribution in [3.63, 3.8) is 0 Å². The number of thiazole rings is 1. The van der Waals surface area contributed by atoms with Crippen molar-refractivity contribution < 1.29 is 0 Å². The van der Waals surface area contributed by atoms with Gasteiger partial charge in [0.05, 0.1) is 5.69 Å². The average Bonchev–Trinajstić information content (AvgIpc) is 3.15. The zero-order chi connectivity index (χ0) is 15.4. The second-order valence-electron chi connectivity index (χ2n) is 4.95. The number of anilines is 1. The van der Waals surface area contributed by atoms with E-state index in [0.717, 1.165) is 22.5 Å². The average molecular weight is 311 g/mol. The van der Waals surface area contributed by atoms with Crippen LogP contribution in [0.1, 0.15) is 11.3 Å². The first-order chi connectivity index (χ1) is 10.7. The van der Waals surface area contributed by atoms with Crippen LogP contribution in [0, 0.1) is 12.3 Å². The zero-order valence-electron chi connectivity index (χ0n) is 12.2. The van der Waals surface area contributed by atoms with Crippen LogP contribution >= 0.6 is 11.3 Å². The molecule has 2 heterocycles. The number of hydrogen-bond acceptors (Lipinski definition) is 3. The highest BCUT2D eigenvalue weighted by Crippen LogP contribution is 2.25. The first-order valence-corrected chi connectivity index (χ1v) is 7.83. The fourth-order valence-electron chi connectivity index (χ4n) is 2.06. The topological polar surface area (TPSA) is 76.6 Å². The highest BCUT2D eigenvalue weighted by Gasteiger charge is 2.07. The van der Waals surface area contributed by atoms with Crippen molar-refractivity contribution in [1.29, 1.82) is 5.41 Å². The van der Waals surface area contributed by atoms with E-state index in [1.54, 1.807) is 0 Å². The molecule has 3 rings (SSSR count). The van der Waals surface area contributed by atoms with Crippen molar-refractivity contribution in [3.05, 3.63) is 59.2 Å². The Labute approximate surface area is 132 Å². The van der Waals surface area contributed by atoms with Gasteiger partial charge >= 0.3 is 0 Å². The predicted molar refractivity (Wildman–Crippen MR) is 91.3 cm³/mol. The van der Waals surface area contributed by atoms with Gasteiger partial charge in [-0.15, -0.1) is 11.3 Å². The highest BCUT2D eigenvalue weighted by atomic mass is 32.1. The lowest BCUT2D eigenvalue weighted by Crippen LogP contribution is -2.28. The molecule has 4 N–H and O–H groups in total. The molecule has 1 aromatic carbocycles. The molecule has 0 saturated carbocycles. The van der Waals surface area contributed by atoms with Crippen molar-refractivity contribution in [3.8, 4) is 11.3 Å². The van der Waals surface area contributed by atoms with Gasteiger partial charge in [-0.05, 0) is 18.6 Å². The molecule has 6 heteroatoms. The molecule has 0 aliphatic heterocycles. The smallest absolute Gasteiger partial charge is 0.195 e. The van der Waals surface area contributed by atoms with Gasteiger partial charge in [0.25, 0.3) is 0 Å². The Balaban J connectivity index is 1.57. The van der Waals surface area contributed by atoms with E-state index in [9.17, 15) is 0 Å². The second kappa shape index (κ2) is 6.44. The van der Waals surface area contributed by atoms with Crippen LogP contribution in [0.25, 0.3) is 11.3 Å². The molecular weight excluding hydrogens is 294 g/mol. The summed E-state index contributed by atoms with van der Waals surface area (Å²) < 4.78 is 0. The zero-order valence-corrected chi connectivity index (χ0v) is 13.0. The number of guanidine groups is 1. The molecule has 0 atom stereocenters. The van der Waals surface area contributed by atoms with Crippen LogP contribution < -0.4 is 10.6 Å². The van der Waals surface area contributed by atoms with Crippen LogP contribution in [0.3, 0.4) is 0 Å². The maximum absolute atomic E-state index is 7.93. The van der Waals surface area contributed by atoms with Crippen LogP contribution in [0.4, 0.5) is 5.13 Å². The van der Waals surface area contributed by atoms with E-state index in [1.807, 2.05) is 48.8 Å². The molecule has 112 valence electrons. The molecule has 0 fully saturated rings.